The largest absolute Gasteiger partial charge is 0.481 e. The van der Waals surface area contributed by atoms with Crippen LogP contribution in [0.1, 0.15) is 26.7 Å². The summed E-state index contributed by atoms with van der Waals surface area (Å²) >= 11 is 0. The fourth-order valence-electron chi connectivity index (χ4n) is 1.10. The number of nitrogens with one attached hydrogen (secondary N) is 1. The van der Waals surface area contributed by atoms with Crippen molar-refractivity contribution in [2.45, 2.75) is 38.8 Å². The van der Waals surface area contributed by atoms with E-state index in [0.29, 0.717) is 13.2 Å². The Kier molecular flexibility index (Phi) is 7.49. The van der Waals surface area contributed by atoms with Crippen LogP contribution in [-0.4, -0.2) is 42.3 Å². The Morgan fingerprint density at radius 2 is 2.12 bits per heavy atom. The molecule has 2 unspecified atom stereocenters. The zero-order chi connectivity index (χ0) is 12.6. The molecule has 0 saturated carbocycles. The second-order valence-electron chi connectivity index (χ2n) is 3.61. The quantitative estimate of drug-likeness (QED) is 0.534. The molecule has 0 aromatic carbocycles. The van der Waals surface area contributed by atoms with Crippen LogP contribution in [0.15, 0.2) is 0 Å². The Morgan fingerprint density at radius 1 is 1.50 bits per heavy atom. The van der Waals surface area contributed by atoms with Gasteiger partial charge in [0.25, 0.3) is 0 Å². The number of hydrogen-bond donors (Lipinski definition) is 3. The maximum atomic E-state index is 11.4. The van der Waals surface area contributed by atoms with E-state index in [1.54, 1.807) is 6.92 Å². The van der Waals surface area contributed by atoms with Crippen molar-refractivity contribution in [3.05, 3.63) is 0 Å². The van der Waals surface area contributed by atoms with Gasteiger partial charge in [-0.1, -0.05) is 0 Å². The second-order valence-corrected chi connectivity index (χ2v) is 3.61. The molecule has 0 radical (unpaired) electrons. The summed E-state index contributed by atoms with van der Waals surface area (Å²) in [6.45, 7) is 4.68. The van der Waals surface area contributed by atoms with Crippen molar-refractivity contribution in [2.75, 3.05) is 13.2 Å². The van der Waals surface area contributed by atoms with E-state index in [0.717, 1.165) is 0 Å². The van der Waals surface area contributed by atoms with Gasteiger partial charge >= 0.3 is 5.97 Å². The minimum atomic E-state index is -0.953. The Hall–Kier alpha value is -1.14. The normalized spacial score (nSPS) is 14.2. The number of amides is 1. The first-order valence-corrected chi connectivity index (χ1v) is 5.32. The SMILES string of the molecule is CCOCC(C)NC(=O)C(N)CCC(=O)O. The Labute approximate surface area is 95.1 Å². The number of nitrogens with two attached hydrogens (primary N) is 1. The number of ether oxygens (including phenoxy) is 1. The van der Waals surface area contributed by atoms with Gasteiger partial charge in [-0.15, -0.1) is 0 Å². The molecular weight excluding hydrogens is 212 g/mol. The number of carboxylic acids is 1. The van der Waals surface area contributed by atoms with Gasteiger partial charge < -0.3 is 20.9 Å². The Bertz CT molecular complexity index is 233. The highest BCUT2D eigenvalue weighted by Crippen LogP contribution is 1.96. The lowest BCUT2D eigenvalue weighted by molar-refractivity contribution is -0.137. The van der Waals surface area contributed by atoms with Crippen molar-refractivity contribution < 1.29 is 19.4 Å². The average Bonchev–Trinajstić information content (AvgIpc) is 2.22. The summed E-state index contributed by atoms with van der Waals surface area (Å²) in [5.41, 5.74) is 5.53. The highest BCUT2D eigenvalue weighted by atomic mass is 16.5. The van der Waals surface area contributed by atoms with Gasteiger partial charge in [0.1, 0.15) is 0 Å². The van der Waals surface area contributed by atoms with Gasteiger partial charge in [0.05, 0.1) is 12.6 Å². The molecule has 0 aliphatic rings. The molecule has 0 fully saturated rings. The van der Waals surface area contributed by atoms with Crippen molar-refractivity contribution in [3.63, 3.8) is 0 Å². The molecule has 0 heterocycles. The van der Waals surface area contributed by atoms with Crippen LogP contribution in [-0.2, 0) is 14.3 Å². The van der Waals surface area contributed by atoms with E-state index in [1.165, 1.54) is 0 Å². The third kappa shape index (κ3) is 7.19. The summed E-state index contributed by atoms with van der Waals surface area (Å²) < 4.78 is 5.12. The first-order chi connectivity index (χ1) is 7.47. The topological polar surface area (TPSA) is 102 Å². The van der Waals surface area contributed by atoms with Gasteiger partial charge in [-0.25, -0.2) is 0 Å². The van der Waals surface area contributed by atoms with E-state index in [4.69, 9.17) is 15.6 Å². The molecule has 16 heavy (non-hydrogen) atoms. The van der Waals surface area contributed by atoms with Crippen molar-refractivity contribution >= 4 is 11.9 Å². The zero-order valence-electron chi connectivity index (χ0n) is 9.73. The van der Waals surface area contributed by atoms with Crippen molar-refractivity contribution in [2.24, 2.45) is 5.73 Å². The van der Waals surface area contributed by atoms with Crippen LogP contribution in [0.2, 0.25) is 0 Å². The van der Waals surface area contributed by atoms with E-state index < -0.39 is 12.0 Å². The van der Waals surface area contributed by atoms with Crippen molar-refractivity contribution in [3.8, 4) is 0 Å². The highest BCUT2D eigenvalue weighted by Gasteiger charge is 2.16. The zero-order valence-corrected chi connectivity index (χ0v) is 9.73. The molecule has 0 aliphatic heterocycles. The van der Waals surface area contributed by atoms with Crippen molar-refractivity contribution in [1.82, 2.24) is 5.32 Å². The molecule has 0 saturated heterocycles. The smallest absolute Gasteiger partial charge is 0.303 e. The monoisotopic (exact) mass is 232 g/mol. The van der Waals surface area contributed by atoms with E-state index in [1.807, 2.05) is 6.92 Å². The molecule has 6 nitrogen and oxygen atoms in total. The predicted octanol–water partition coefficient (Wildman–Crippen LogP) is -0.280. The lowest BCUT2D eigenvalue weighted by atomic mass is 10.1. The lowest BCUT2D eigenvalue weighted by Crippen LogP contribution is -2.46. The van der Waals surface area contributed by atoms with E-state index in [9.17, 15) is 9.59 Å². The highest BCUT2D eigenvalue weighted by molar-refractivity contribution is 5.82. The molecule has 0 aromatic rings. The van der Waals surface area contributed by atoms with Gasteiger partial charge in [0, 0.05) is 19.1 Å². The summed E-state index contributed by atoms with van der Waals surface area (Å²) in [5, 5.41) is 11.1. The summed E-state index contributed by atoms with van der Waals surface area (Å²) in [5.74, 6) is -1.29. The van der Waals surface area contributed by atoms with Crippen LogP contribution in [0.3, 0.4) is 0 Å². The van der Waals surface area contributed by atoms with Gasteiger partial charge in [-0.05, 0) is 20.3 Å². The maximum absolute atomic E-state index is 11.4. The summed E-state index contributed by atoms with van der Waals surface area (Å²) in [6, 6.07) is -0.900. The number of carbonyl (C=O) groups excluding carboxylic acids is 1. The van der Waals surface area contributed by atoms with Crippen molar-refractivity contribution in [1.29, 1.82) is 0 Å². The summed E-state index contributed by atoms with van der Waals surface area (Å²) in [6.07, 6.45) is 0.0386. The van der Waals surface area contributed by atoms with Crippen LogP contribution in [0.25, 0.3) is 0 Å². The fraction of sp³-hybridized carbons (Fsp3) is 0.800. The Morgan fingerprint density at radius 3 is 2.62 bits per heavy atom. The van der Waals surface area contributed by atoms with Crippen LogP contribution in [0, 0.1) is 0 Å². The number of rotatable bonds is 8. The molecule has 0 aromatic heterocycles. The molecular formula is C10H20N2O4. The van der Waals surface area contributed by atoms with Crippen LogP contribution in [0.5, 0.6) is 0 Å². The lowest BCUT2D eigenvalue weighted by Gasteiger charge is -2.16. The molecule has 4 N–H and O–H groups in total. The van der Waals surface area contributed by atoms with E-state index in [-0.39, 0.29) is 24.8 Å². The van der Waals surface area contributed by atoms with Gasteiger partial charge in [0.15, 0.2) is 0 Å². The molecule has 1 amide bonds. The first kappa shape index (κ1) is 14.9. The number of aliphatic carboxylic acids is 1. The van der Waals surface area contributed by atoms with Gasteiger partial charge in [-0.2, -0.15) is 0 Å². The molecule has 0 rings (SSSR count). The van der Waals surface area contributed by atoms with E-state index in [2.05, 4.69) is 5.32 Å². The third-order valence-corrected chi connectivity index (χ3v) is 1.97. The van der Waals surface area contributed by atoms with Crippen LogP contribution >= 0.6 is 0 Å². The molecule has 2 atom stereocenters. The molecule has 0 spiro atoms. The van der Waals surface area contributed by atoms with Gasteiger partial charge in [-0.3, -0.25) is 9.59 Å². The van der Waals surface area contributed by atoms with Crippen LogP contribution in [0.4, 0.5) is 0 Å². The maximum Gasteiger partial charge on any atom is 0.303 e. The van der Waals surface area contributed by atoms with E-state index >= 15 is 0 Å². The fourth-order valence-corrected chi connectivity index (χ4v) is 1.10. The number of carbonyl (C=O) groups is 2. The molecule has 6 heteroatoms. The molecule has 0 bridgehead atoms. The van der Waals surface area contributed by atoms with Crippen LogP contribution < -0.4 is 11.1 Å². The number of hydrogen-bond acceptors (Lipinski definition) is 4. The minimum Gasteiger partial charge on any atom is -0.481 e. The molecule has 0 aliphatic carbocycles. The number of carboxylic acid groups (broad SMARTS) is 1. The third-order valence-electron chi connectivity index (χ3n) is 1.97. The first-order valence-electron chi connectivity index (χ1n) is 5.32. The molecule has 94 valence electrons. The average molecular weight is 232 g/mol. The Balaban J connectivity index is 3.81. The standard InChI is InChI=1S/C10H20N2O4/c1-3-16-6-7(2)12-10(15)8(11)4-5-9(13)14/h7-8H,3-6,11H2,1-2H3,(H,12,15)(H,13,14). The van der Waals surface area contributed by atoms with Gasteiger partial charge in [0.2, 0.25) is 5.91 Å². The summed E-state index contributed by atoms with van der Waals surface area (Å²) in [7, 11) is 0. The summed E-state index contributed by atoms with van der Waals surface area (Å²) in [4.78, 5) is 21.7. The second kappa shape index (κ2) is 8.06. The predicted molar refractivity (Wildman–Crippen MR) is 58.9 cm³/mol. The minimum absolute atomic E-state index is 0.103.